The third kappa shape index (κ3) is 1.65. The first kappa shape index (κ1) is 7.23. The second-order valence-electron chi connectivity index (χ2n) is 1.00. The fourth-order valence-corrected chi connectivity index (χ4v) is 0.167. The highest BCUT2D eigenvalue weighted by atomic mass is 16.4. The maximum atomic E-state index is 9.69. The molecule has 0 aromatic rings. The predicted molar refractivity (Wildman–Crippen MR) is 23.5 cm³/mol. The molecule has 0 aromatic heterocycles. The topological polar surface area (TPSA) is 102 Å². The molecule has 0 aliphatic rings. The number of rotatable bonds is 0. The van der Waals surface area contributed by atoms with Gasteiger partial charge in [0.05, 0.1) is 0 Å². The van der Waals surface area contributed by atoms with Crippen LogP contribution in [0.4, 0.5) is 9.59 Å². The third-order valence-electron chi connectivity index (χ3n) is 0.483. The van der Waals surface area contributed by atoms with Crippen molar-refractivity contribution in [2.24, 2.45) is 0 Å². The van der Waals surface area contributed by atoms with Crippen LogP contribution in [0.2, 0.25) is 0 Å². The fourth-order valence-electron chi connectivity index (χ4n) is 0.167. The van der Waals surface area contributed by atoms with Gasteiger partial charge in [-0.2, -0.15) is 5.26 Å². The van der Waals surface area contributed by atoms with Crippen LogP contribution in [0, 0.1) is 11.5 Å². The Kier molecular flexibility index (Phi) is 2.02. The number of nitrogens with zero attached hydrogens (tertiary/aromatic N) is 2. The van der Waals surface area contributed by atoms with Crippen LogP contribution in [0.25, 0.3) is 0 Å². The van der Waals surface area contributed by atoms with Gasteiger partial charge in [-0.3, -0.25) is 0 Å². The summed E-state index contributed by atoms with van der Waals surface area (Å²) in [6.07, 6.45) is -2.67. The Hall–Kier alpha value is -1.77. The van der Waals surface area contributed by atoms with Gasteiger partial charge < -0.3 is 10.2 Å². The summed E-state index contributed by atoms with van der Waals surface area (Å²) in [4.78, 5) is 19.0. The Morgan fingerprint density at radius 2 is 1.67 bits per heavy atom. The lowest BCUT2D eigenvalue weighted by atomic mass is 10.8. The molecule has 0 rings (SSSR count). The van der Waals surface area contributed by atoms with Crippen molar-refractivity contribution < 1.29 is 19.8 Å². The molecule has 0 atom stereocenters. The number of nitriles is 1. The summed E-state index contributed by atoms with van der Waals surface area (Å²) in [5.41, 5.74) is 0. The fraction of sp³-hybridized carbons (Fsp3) is 0. The minimum atomic E-state index is -1.80. The smallest absolute Gasteiger partial charge is 0.430 e. The van der Waals surface area contributed by atoms with Crippen LogP contribution < -0.4 is 0 Å². The number of imide groups is 1. The monoisotopic (exact) mass is 130 g/mol. The van der Waals surface area contributed by atoms with Crippen molar-refractivity contribution in [1.82, 2.24) is 4.90 Å². The summed E-state index contributed by atoms with van der Waals surface area (Å²) < 4.78 is 0. The van der Waals surface area contributed by atoms with Gasteiger partial charge in [-0.05, 0) is 0 Å². The molecule has 0 fully saturated rings. The predicted octanol–water partition coefficient (Wildman–Crippen LogP) is 0.125. The van der Waals surface area contributed by atoms with Crippen LogP contribution in [0.5, 0.6) is 0 Å². The van der Waals surface area contributed by atoms with E-state index >= 15 is 0 Å². The van der Waals surface area contributed by atoms with Gasteiger partial charge in [0.2, 0.25) is 0 Å². The molecule has 6 nitrogen and oxygen atoms in total. The van der Waals surface area contributed by atoms with Crippen molar-refractivity contribution in [3.63, 3.8) is 0 Å². The summed E-state index contributed by atoms with van der Waals surface area (Å²) in [6, 6.07) is 0. The Morgan fingerprint density at radius 3 is 1.67 bits per heavy atom. The normalized spacial score (nSPS) is 7.44. The molecule has 0 saturated heterocycles. The minimum absolute atomic E-state index is 0.403. The first-order valence-electron chi connectivity index (χ1n) is 1.75. The number of carboxylic acid groups (broad SMARTS) is 2. The Labute approximate surface area is 49.5 Å². The van der Waals surface area contributed by atoms with Crippen LogP contribution in [-0.2, 0) is 0 Å². The van der Waals surface area contributed by atoms with Gasteiger partial charge in [0.1, 0.15) is 0 Å². The molecule has 0 aliphatic heterocycles. The van der Waals surface area contributed by atoms with E-state index in [1.807, 2.05) is 0 Å². The Balaban J connectivity index is 4.22. The van der Waals surface area contributed by atoms with E-state index in [1.165, 1.54) is 0 Å². The highest BCUT2D eigenvalue weighted by molar-refractivity contribution is 5.87. The molecule has 0 bridgehead atoms. The molecule has 6 heteroatoms. The van der Waals surface area contributed by atoms with E-state index in [0.717, 1.165) is 6.19 Å². The molecule has 0 saturated carbocycles. The molecule has 0 radical (unpaired) electrons. The van der Waals surface area contributed by atoms with E-state index in [9.17, 15) is 9.59 Å². The Morgan fingerprint density at radius 1 is 1.33 bits per heavy atom. The van der Waals surface area contributed by atoms with Crippen LogP contribution in [0.3, 0.4) is 0 Å². The quantitative estimate of drug-likeness (QED) is 0.358. The highest BCUT2D eigenvalue weighted by Crippen LogP contribution is 1.85. The molecule has 9 heavy (non-hydrogen) atoms. The standard InChI is InChI=1S/C3H2N2O4/c4-1-5(2(6)7)3(8)9/h(H,6,7)(H,8,9). The summed E-state index contributed by atoms with van der Waals surface area (Å²) in [7, 11) is 0. The molecule has 0 aliphatic carbocycles. The zero-order valence-electron chi connectivity index (χ0n) is 4.11. The molecular formula is C3H2N2O4. The van der Waals surface area contributed by atoms with Crippen molar-refractivity contribution in [2.75, 3.05) is 0 Å². The van der Waals surface area contributed by atoms with Gasteiger partial charge in [-0.25, -0.2) is 9.59 Å². The summed E-state index contributed by atoms with van der Waals surface area (Å²) in [5, 5.41) is 23.5. The van der Waals surface area contributed by atoms with Gasteiger partial charge >= 0.3 is 12.2 Å². The van der Waals surface area contributed by atoms with Gasteiger partial charge in [0.25, 0.3) is 0 Å². The van der Waals surface area contributed by atoms with Crippen molar-refractivity contribution in [3.05, 3.63) is 0 Å². The summed E-state index contributed by atoms with van der Waals surface area (Å²) >= 11 is 0. The average Bonchev–Trinajstić information content (AvgIpc) is 1.64. The minimum Gasteiger partial charge on any atom is -0.464 e. The van der Waals surface area contributed by atoms with Crippen LogP contribution >= 0.6 is 0 Å². The number of hydrogen-bond donors (Lipinski definition) is 2. The molecule has 0 aromatic carbocycles. The van der Waals surface area contributed by atoms with E-state index in [0.29, 0.717) is 0 Å². The van der Waals surface area contributed by atoms with Gasteiger partial charge in [0, 0.05) is 0 Å². The number of hydrogen-bond acceptors (Lipinski definition) is 3. The van der Waals surface area contributed by atoms with Gasteiger partial charge in [-0.15, -0.1) is 4.90 Å². The maximum absolute atomic E-state index is 9.69. The molecule has 2 amide bonds. The van der Waals surface area contributed by atoms with E-state index in [2.05, 4.69) is 0 Å². The second-order valence-corrected chi connectivity index (χ2v) is 1.00. The van der Waals surface area contributed by atoms with Crippen molar-refractivity contribution in [2.45, 2.75) is 0 Å². The van der Waals surface area contributed by atoms with E-state index in [1.54, 1.807) is 0 Å². The average molecular weight is 130 g/mol. The molecule has 48 valence electrons. The first-order valence-corrected chi connectivity index (χ1v) is 1.75. The summed E-state index contributed by atoms with van der Waals surface area (Å²) in [6.45, 7) is 0. The van der Waals surface area contributed by atoms with Crippen LogP contribution in [0.15, 0.2) is 0 Å². The van der Waals surface area contributed by atoms with Crippen LogP contribution in [0.1, 0.15) is 0 Å². The van der Waals surface area contributed by atoms with E-state index < -0.39 is 17.1 Å². The van der Waals surface area contributed by atoms with Crippen molar-refractivity contribution in [3.8, 4) is 6.19 Å². The molecular weight excluding hydrogens is 128 g/mol. The number of amides is 2. The van der Waals surface area contributed by atoms with E-state index in [4.69, 9.17) is 15.5 Å². The third-order valence-corrected chi connectivity index (χ3v) is 0.483. The molecule has 0 spiro atoms. The lowest BCUT2D eigenvalue weighted by Crippen LogP contribution is -2.29. The largest absolute Gasteiger partial charge is 0.464 e. The first-order chi connectivity index (χ1) is 4.09. The summed E-state index contributed by atoms with van der Waals surface area (Å²) in [5.74, 6) is 0. The lowest BCUT2D eigenvalue weighted by Gasteiger charge is -1.98. The van der Waals surface area contributed by atoms with Crippen LogP contribution in [-0.4, -0.2) is 27.3 Å². The highest BCUT2D eigenvalue weighted by Gasteiger charge is 2.17. The van der Waals surface area contributed by atoms with Gasteiger partial charge in [-0.1, -0.05) is 0 Å². The second kappa shape index (κ2) is 2.52. The Bertz CT molecular complexity index is 167. The zero-order valence-corrected chi connectivity index (χ0v) is 4.11. The zero-order chi connectivity index (χ0) is 7.44. The van der Waals surface area contributed by atoms with Crippen molar-refractivity contribution >= 4 is 12.2 Å². The van der Waals surface area contributed by atoms with Gasteiger partial charge in [0.15, 0.2) is 6.19 Å². The van der Waals surface area contributed by atoms with E-state index in [-0.39, 0.29) is 0 Å². The lowest BCUT2D eigenvalue weighted by molar-refractivity contribution is 0.141. The molecule has 0 unspecified atom stereocenters. The number of carbonyl (C=O) groups is 2. The molecule has 2 N–H and O–H groups in total. The van der Waals surface area contributed by atoms with Crippen molar-refractivity contribution in [1.29, 1.82) is 5.26 Å². The SMILES string of the molecule is N#CN(C(=O)O)C(=O)O. The maximum Gasteiger partial charge on any atom is 0.430 e. The molecule has 0 heterocycles.